The topological polar surface area (TPSA) is 24.9 Å². The van der Waals surface area contributed by atoms with Gasteiger partial charge in [-0.25, -0.2) is 4.98 Å². The van der Waals surface area contributed by atoms with Crippen LogP contribution in [0.25, 0.3) is 0 Å². The molecule has 18 heavy (non-hydrogen) atoms. The molecule has 1 heterocycles. The van der Waals surface area contributed by atoms with Gasteiger partial charge in [0.2, 0.25) is 0 Å². The van der Waals surface area contributed by atoms with Crippen LogP contribution in [0.15, 0.2) is 5.38 Å². The van der Waals surface area contributed by atoms with Crippen molar-refractivity contribution in [3.8, 4) is 0 Å². The predicted octanol–water partition coefficient (Wildman–Crippen LogP) is 4.33. The minimum atomic E-state index is 0.599. The number of thiazole rings is 1. The molecule has 0 saturated carbocycles. The maximum Gasteiger partial charge on any atom is 0.0943 e. The van der Waals surface area contributed by atoms with E-state index in [1.807, 2.05) is 0 Å². The largest absolute Gasteiger partial charge is 0.317 e. The summed E-state index contributed by atoms with van der Waals surface area (Å²) < 4.78 is 0. The van der Waals surface area contributed by atoms with Gasteiger partial charge in [-0.05, 0) is 20.4 Å². The third-order valence-corrected chi connectivity index (χ3v) is 4.39. The van der Waals surface area contributed by atoms with Crippen LogP contribution >= 0.6 is 11.3 Å². The van der Waals surface area contributed by atoms with Gasteiger partial charge in [-0.3, -0.25) is 0 Å². The van der Waals surface area contributed by atoms with Crippen molar-refractivity contribution in [3.63, 3.8) is 0 Å². The monoisotopic (exact) mass is 268 g/mol. The summed E-state index contributed by atoms with van der Waals surface area (Å²) in [5.41, 5.74) is 1.16. The molecule has 1 aromatic heterocycles. The average Bonchev–Trinajstić information content (AvgIpc) is 2.77. The molecule has 0 saturated heterocycles. The summed E-state index contributed by atoms with van der Waals surface area (Å²) >= 11 is 1.79. The van der Waals surface area contributed by atoms with E-state index in [1.54, 1.807) is 11.3 Å². The molecule has 1 rings (SSSR count). The highest BCUT2D eigenvalue weighted by atomic mass is 32.1. The van der Waals surface area contributed by atoms with E-state index in [2.05, 4.69) is 36.6 Å². The molecule has 0 bridgehead atoms. The summed E-state index contributed by atoms with van der Waals surface area (Å²) in [6.45, 7) is 4.34. The quantitative estimate of drug-likeness (QED) is 0.639. The number of unbranched alkanes of at least 4 members (excludes halogenated alkanes) is 5. The highest BCUT2D eigenvalue weighted by Gasteiger charge is 2.09. The molecular weight excluding hydrogens is 240 g/mol. The molecule has 1 aromatic rings. The van der Waals surface area contributed by atoms with Crippen molar-refractivity contribution in [2.24, 2.45) is 0 Å². The van der Waals surface area contributed by atoms with E-state index in [4.69, 9.17) is 0 Å². The van der Waals surface area contributed by atoms with Gasteiger partial charge in [-0.1, -0.05) is 45.4 Å². The first kappa shape index (κ1) is 15.6. The first-order valence-corrected chi connectivity index (χ1v) is 8.22. The smallest absolute Gasteiger partial charge is 0.0943 e. The van der Waals surface area contributed by atoms with Crippen LogP contribution in [0, 0.1) is 6.92 Å². The van der Waals surface area contributed by atoms with Crippen molar-refractivity contribution in [1.82, 2.24) is 10.3 Å². The Bertz CT molecular complexity index is 309. The maximum atomic E-state index is 4.55. The second-order valence-corrected chi connectivity index (χ2v) is 6.07. The van der Waals surface area contributed by atoms with Crippen molar-refractivity contribution in [3.05, 3.63) is 16.1 Å². The van der Waals surface area contributed by atoms with E-state index in [1.165, 1.54) is 50.0 Å². The second kappa shape index (κ2) is 9.51. The Morgan fingerprint density at radius 1 is 1.22 bits per heavy atom. The van der Waals surface area contributed by atoms with E-state index in [0.717, 1.165) is 12.1 Å². The van der Waals surface area contributed by atoms with Crippen molar-refractivity contribution in [2.75, 3.05) is 7.05 Å². The molecule has 0 aromatic carbocycles. The van der Waals surface area contributed by atoms with Gasteiger partial charge < -0.3 is 5.32 Å². The summed E-state index contributed by atoms with van der Waals surface area (Å²) in [5, 5.41) is 6.85. The minimum Gasteiger partial charge on any atom is -0.317 e. The highest BCUT2D eigenvalue weighted by Crippen LogP contribution is 2.15. The molecule has 0 amide bonds. The Hall–Kier alpha value is -0.410. The lowest BCUT2D eigenvalue weighted by atomic mass is 10.0. The van der Waals surface area contributed by atoms with Crippen LogP contribution in [0.1, 0.15) is 62.6 Å². The molecule has 0 aliphatic heterocycles. The van der Waals surface area contributed by atoms with Crippen molar-refractivity contribution >= 4 is 11.3 Å². The Balaban J connectivity index is 2.13. The maximum absolute atomic E-state index is 4.55. The van der Waals surface area contributed by atoms with Crippen LogP contribution in [0.5, 0.6) is 0 Å². The summed E-state index contributed by atoms with van der Waals surface area (Å²) in [6, 6.07) is 0.599. The number of nitrogens with one attached hydrogen (secondary N) is 1. The van der Waals surface area contributed by atoms with Gasteiger partial charge >= 0.3 is 0 Å². The zero-order valence-corrected chi connectivity index (χ0v) is 13.0. The van der Waals surface area contributed by atoms with E-state index < -0.39 is 0 Å². The molecule has 2 nitrogen and oxygen atoms in total. The third-order valence-electron chi connectivity index (χ3n) is 3.40. The Morgan fingerprint density at radius 2 is 1.94 bits per heavy atom. The van der Waals surface area contributed by atoms with E-state index >= 15 is 0 Å². The summed E-state index contributed by atoms with van der Waals surface area (Å²) in [4.78, 5) is 4.55. The number of hydrogen-bond donors (Lipinski definition) is 1. The zero-order chi connectivity index (χ0) is 13.2. The standard InChI is InChI=1S/C15H28N2S/c1-4-5-6-7-8-9-10-14(16-3)11-15-17-13(2)12-18-15/h12,14,16H,4-11H2,1-3H3. The van der Waals surface area contributed by atoms with Gasteiger partial charge in [-0.15, -0.1) is 11.3 Å². The van der Waals surface area contributed by atoms with Crippen LogP contribution in [0.3, 0.4) is 0 Å². The Morgan fingerprint density at radius 3 is 2.56 bits per heavy atom. The molecule has 0 aliphatic rings. The lowest BCUT2D eigenvalue weighted by molar-refractivity contribution is 0.479. The number of hydrogen-bond acceptors (Lipinski definition) is 3. The van der Waals surface area contributed by atoms with Crippen molar-refractivity contribution < 1.29 is 0 Å². The number of aromatic nitrogens is 1. The predicted molar refractivity (Wildman–Crippen MR) is 81.4 cm³/mol. The number of rotatable bonds is 10. The van der Waals surface area contributed by atoms with Crippen molar-refractivity contribution in [2.45, 2.75) is 71.3 Å². The number of aryl methyl sites for hydroxylation is 1. The molecule has 0 spiro atoms. The minimum absolute atomic E-state index is 0.599. The Labute approximate surface area is 116 Å². The van der Waals surface area contributed by atoms with Gasteiger partial charge in [0.15, 0.2) is 0 Å². The molecule has 1 atom stereocenters. The number of likely N-dealkylation sites (N-methyl/N-ethyl adjacent to an activating group) is 1. The SMILES string of the molecule is CCCCCCCCC(Cc1nc(C)cs1)NC. The third kappa shape index (κ3) is 6.50. The highest BCUT2D eigenvalue weighted by molar-refractivity contribution is 7.09. The van der Waals surface area contributed by atoms with Crippen molar-refractivity contribution in [1.29, 1.82) is 0 Å². The molecule has 104 valence electrons. The molecule has 0 fully saturated rings. The fraction of sp³-hybridized carbons (Fsp3) is 0.800. The van der Waals surface area contributed by atoms with Crippen LogP contribution in [0.2, 0.25) is 0 Å². The van der Waals surface area contributed by atoms with Gasteiger partial charge in [0, 0.05) is 23.5 Å². The first-order chi connectivity index (χ1) is 8.76. The van der Waals surface area contributed by atoms with Crippen LogP contribution in [-0.4, -0.2) is 18.1 Å². The summed E-state index contributed by atoms with van der Waals surface area (Å²) in [6.07, 6.45) is 10.6. The molecular formula is C15H28N2S. The molecule has 0 radical (unpaired) electrons. The first-order valence-electron chi connectivity index (χ1n) is 7.34. The van der Waals surface area contributed by atoms with Gasteiger partial charge in [0.05, 0.1) is 5.01 Å². The Kier molecular flexibility index (Phi) is 8.27. The van der Waals surface area contributed by atoms with E-state index in [-0.39, 0.29) is 0 Å². The van der Waals surface area contributed by atoms with Gasteiger partial charge in [0.25, 0.3) is 0 Å². The molecule has 1 unspecified atom stereocenters. The van der Waals surface area contributed by atoms with E-state index in [0.29, 0.717) is 6.04 Å². The molecule has 0 aliphatic carbocycles. The zero-order valence-electron chi connectivity index (χ0n) is 12.2. The lowest BCUT2D eigenvalue weighted by Crippen LogP contribution is -2.27. The van der Waals surface area contributed by atoms with Gasteiger partial charge in [0.1, 0.15) is 0 Å². The van der Waals surface area contributed by atoms with E-state index in [9.17, 15) is 0 Å². The molecule has 1 N–H and O–H groups in total. The number of nitrogens with zero attached hydrogens (tertiary/aromatic N) is 1. The van der Waals surface area contributed by atoms with Crippen LogP contribution in [0.4, 0.5) is 0 Å². The van der Waals surface area contributed by atoms with Gasteiger partial charge in [-0.2, -0.15) is 0 Å². The molecule has 3 heteroatoms. The normalized spacial score (nSPS) is 12.8. The fourth-order valence-electron chi connectivity index (χ4n) is 2.23. The van der Waals surface area contributed by atoms with Crippen LogP contribution < -0.4 is 5.32 Å². The summed E-state index contributed by atoms with van der Waals surface area (Å²) in [7, 11) is 2.07. The lowest BCUT2D eigenvalue weighted by Gasteiger charge is -2.14. The second-order valence-electron chi connectivity index (χ2n) is 5.13. The van der Waals surface area contributed by atoms with Crippen LogP contribution in [-0.2, 0) is 6.42 Å². The average molecular weight is 268 g/mol. The fourth-order valence-corrected chi connectivity index (χ4v) is 3.08. The summed E-state index contributed by atoms with van der Waals surface area (Å²) in [5.74, 6) is 0.